The number of carboxylic acids is 1. The van der Waals surface area contributed by atoms with Gasteiger partial charge in [-0.1, -0.05) is 0 Å². The number of hydrogen-bond donors (Lipinski definition) is 1. The zero-order valence-electron chi connectivity index (χ0n) is 8.74. The molecular formula is C10H14BrNO2S. The van der Waals surface area contributed by atoms with Gasteiger partial charge in [-0.25, -0.2) is 0 Å². The maximum Gasteiger partial charge on any atom is 0.304 e. The first kappa shape index (κ1) is 12.7. The topological polar surface area (TPSA) is 40.5 Å². The number of nitrogens with zero attached hydrogens (tertiary/aromatic N) is 1. The van der Waals surface area contributed by atoms with Crippen molar-refractivity contribution in [3.8, 4) is 0 Å². The fraction of sp³-hybridized carbons (Fsp3) is 0.500. The van der Waals surface area contributed by atoms with Crippen LogP contribution >= 0.6 is 27.3 Å². The van der Waals surface area contributed by atoms with E-state index in [9.17, 15) is 4.79 Å². The number of hydrogen-bond acceptors (Lipinski definition) is 3. The lowest BCUT2D eigenvalue weighted by molar-refractivity contribution is -0.137. The number of aliphatic carboxylic acids is 1. The van der Waals surface area contributed by atoms with Gasteiger partial charge in [0.2, 0.25) is 0 Å². The molecule has 1 aromatic heterocycles. The molecule has 0 spiro atoms. The lowest BCUT2D eigenvalue weighted by atomic mass is 10.2. The number of carboxylic acid groups (broad SMARTS) is 1. The van der Waals surface area contributed by atoms with E-state index < -0.39 is 5.97 Å². The van der Waals surface area contributed by atoms with E-state index in [0.717, 1.165) is 3.79 Å². The smallest absolute Gasteiger partial charge is 0.304 e. The molecule has 0 saturated carbocycles. The van der Waals surface area contributed by atoms with Crippen LogP contribution < -0.4 is 0 Å². The Balaban J connectivity index is 2.52. The molecule has 0 radical (unpaired) electrons. The normalized spacial score (nSPS) is 13.1. The second kappa shape index (κ2) is 5.63. The van der Waals surface area contributed by atoms with Gasteiger partial charge in [0.05, 0.1) is 10.2 Å². The third-order valence-electron chi connectivity index (χ3n) is 2.35. The largest absolute Gasteiger partial charge is 0.481 e. The molecule has 1 aromatic rings. The lowest BCUT2D eigenvalue weighted by Gasteiger charge is -2.22. The first-order valence-electron chi connectivity index (χ1n) is 4.68. The first-order chi connectivity index (χ1) is 7.00. The Bertz CT molecular complexity index is 340. The number of rotatable bonds is 5. The van der Waals surface area contributed by atoms with Crippen molar-refractivity contribution in [1.29, 1.82) is 0 Å². The van der Waals surface area contributed by atoms with Crippen molar-refractivity contribution in [2.75, 3.05) is 13.6 Å². The van der Waals surface area contributed by atoms with Crippen LogP contribution in [0.15, 0.2) is 15.9 Å². The van der Waals surface area contributed by atoms with Gasteiger partial charge in [-0.3, -0.25) is 9.69 Å². The van der Waals surface area contributed by atoms with Crippen molar-refractivity contribution < 1.29 is 9.90 Å². The molecule has 1 atom stereocenters. The Hall–Kier alpha value is -0.390. The summed E-state index contributed by atoms with van der Waals surface area (Å²) in [6.45, 7) is 2.66. The predicted octanol–water partition coefficient (Wildman–Crippen LogP) is 2.98. The lowest BCUT2D eigenvalue weighted by Crippen LogP contribution is -2.24. The molecule has 0 saturated heterocycles. The van der Waals surface area contributed by atoms with Crippen LogP contribution in [-0.4, -0.2) is 29.6 Å². The minimum atomic E-state index is -0.749. The van der Waals surface area contributed by atoms with Crippen LogP contribution in [-0.2, 0) is 4.79 Å². The molecule has 0 aliphatic carbocycles. The highest BCUT2D eigenvalue weighted by Crippen LogP contribution is 2.29. The maximum absolute atomic E-state index is 10.4. The van der Waals surface area contributed by atoms with Gasteiger partial charge in [-0.2, -0.15) is 0 Å². The fourth-order valence-corrected chi connectivity index (χ4v) is 2.78. The van der Waals surface area contributed by atoms with Crippen LogP contribution in [0.25, 0.3) is 0 Å². The molecule has 1 unspecified atom stereocenters. The third-order valence-corrected chi connectivity index (χ3v) is 4.14. The Morgan fingerprint density at radius 3 is 2.80 bits per heavy atom. The standard InChI is InChI=1S/C10H14BrNO2S/c1-7(8-3-4-9(11)15-8)12(2)6-5-10(13)14/h3-4,7H,5-6H2,1-2H3,(H,13,14). The van der Waals surface area contributed by atoms with Crippen LogP contribution in [0.5, 0.6) is 0 Å². The van der Waals surface area contributed by atoms with Crippen LogP contribution in [0.4, 0.5) is 0 Å². The molecule has 0 bridgehead atoms. The Labute approximate surface area is 102 Å². The van der Waals surface area contributed by atoms with Gasteiger partial charge < -0.3 is 5.11 Å². The summed E-state index contributed by atoms with van der Waals surface area (Å²) >= 11 is 5.10. The van der Waals surface area contributed by atoms with Crippen molar-refractivity contribution in [3.05, 3.63) is 20.8 Å². The molecule has 5 heteroatoms. The molecule has 84 valence electrons. The monoisotopic (exact) mass is 291 g/mol. The van der Waals surface area contributed by atoms with Crippen molar-refractivity contribution in [1.82, 2.24) is 4.90 Å². The summed E-state index contributed by atoms with van der Waals surface area (Å²) in [6, 6.07) is 4.35. The summed E-state index contributed by atoms with van der Waals surface area (Å²) in [5.41, 5.74) is 0. The van der Waals surface area contributed by atoms with Gasteiger partial charge in [-0.05, 0) is 42.0 Å². The van der Waals surface area contributed by atoms with E-state index in [1.807, 2.05) is 18.0 Å². The summed E-state index contributed by atoms with van der Waals surface area (Å²) in [7, 11) is 1.95. The van der Waals surface area contributed by atoms with E-state index in [2.05, 4.69) is 28.9 Å². The summed E-state index contributed by atoms with van der Waals surface area (Å²) in [5, 5.41) is 8.59. The van der Waals surface area contributed by atoms with E-state index in [4.69, 9.17) is 5.11 Å². The third kappa shape index (κ3) is 3.93. The van der Waals surface area contributed by atoms with Crippen LogP contribution in [0.1, 0.15) is 24.3 Å². The van der Waals surface area contributed by atoms with Crippen molar-refractivity contribution in [2.45, 2.75) is 19.4 Å². The van der Waals surface area contributed by atoms with Gasteiger partial charge in [-0.15, -0.1) is 11.3 Å². The minimum absolute atomic E-state index is 0.188. The van der Waals surface area contributed by atoms with E-state index in [-0.39, 0.29) is 12.5 Å². The average molecular weight is 292 g/mol. The molecule has 1 heterocycles. The van der Waals surface area contributed by atoms with Gasteiger partial charge in [0.25, 0.3) is 0 Å². The fourth-order valence-electron chi connectivity index (χ4n) is 1.24. The van der Waals surface area contributed by atoms with Gasteiger partial charge in [0, 0.05) is 17.5 Å². The molecule has 0 fully saturated rings. The number of carbonyl (C=O) groups is 1. The summed E-state index contributed by atoms with van der Waals surface area (Å²) < 4.78 is 1.11. The van der Waals surface area contributed by atoms with E-state index >= 15 is 0 Å². The minimum Gasteiger partial charge on any atom is -0.481 e. The van der Waals surface area contributed by atoms with Crippen LogP contribution in [0.3, 0.4) is 0 Å². The molecule has 1 N–H and O–H groups in total. The van der Waals surface area contributed by atoms with E-state index in [1.54, 1.807) is 11.3 Å². The zero-order chi connectivity index (χ0) is 11.4. The van der Waals surface area contributed by atoms with E-state index in [1.165, 1.54) is 4.88 Å². The molecular weight excluding hydrogens is 278 g/mol. The Morgan fingerprint density at radius 1 is 1.67 bits per heavy atom. The van der Waals surface area contributed by atoms with Crippen molar-refractivity contribution >= 4 is 33.2 Å². The van der Waals surface area contributed by atoms with Crippen LogP contribution in [0, 0.1) is 0 Å². The molecule has 15 heavy (non-hydrogen) atoms. The Morgan fingerprint density at radius 2 is 2.33 bits per heavy atom. The quantitative estimate of drug-likeness (QED) is 0.907. The summed E-state index contributed by atoms with van der Waals surface area (Å²) in [6.07, 6.45) is 0.188. The highest BCUT2D eigenvalue weighted by molar-refractivity contribution is 9.11. The average Bonchev–Trinajstić information content (AvgIpc) is 2.60. The highest BCUT2D eigenvalue weighted by atomic mass is 79.9. The van der Waals surface area contributed by atoms with Gasteiger partial charge >= 0.3 is 5.97 Å². The Kier molecular flexibility index (Phi) is 4.76. The van der Waals surface area contributed by atoms with E-state index in [0.29, 0.717) is 6.54 Å². The molecule has 1 rings (SSSR count). The molecule has 0 aliphatic heterocycles. The SMILES string of the molecule is CC(c1ccc(Br)s1)N(C)CCC(=O)O. The van der Waals surface area contributed by atoms with Gasteiger partial charge in [0.15, 0.2) is 0 Å². The second-order valence-electron chi connectivity index (χ2n) is 3.44. The number of thiophene rings is 1. The molecule has 0 amide bonds. The predicted molar refractivity (Wildman–Crippen MR) is 65.3 cm³/mol. The van der Waals surface area contributed by atoms with Crippen LogP contribution in [0.2, 0.25) is 0 Å². The van der Waals surface area contributed by atoms with Gasteiger partial charge in [0.1, 0.15) is 0 Å². The number of halogens is 1. The summed E-state index contributed by atoms with van der Waals surface area (Å²) in [5.74, 6) is -0.749. The zero-order valence-corrected chi connectivity index (χ0v) is 11.1. The first-order valence-corrected chi connectivity index (χ1v) is 6.29. The molecule has 3 nitrogen and oxygen atoms in total. The molecule has 0 aromatic carbocycles. The summed E-state index contributed by atoms with van der Waals surface area (Å²) in [4.78, 5) is 13.7. The van der Waals surface area contributed by atoms with Crippen molar-refractivity contribution in [3.63, 3.8) is 0 Å². The maximum atomic E-state index is 10.4. The second-order valence-corrected chi connectivity index (χ2v) is 5.94. The highest BCUT2D eigenvalue weighted by Gasteiger charge is 2.14. The molecule has 0 aliphatic rings. The van der Waals surface area contributed by atoms with Crippen molar-refractivity contribution in [2.24, 2.45) is 0 Å².